The van der Waals surface area contributed by atoms with E-state index in [0.717, 1.165) is 27.9 Å². The van der Waals surface area contributed by atoms with Crippen LogP contribution in [0.5, 0.6) is 5.75 Å². The van der Waals surface area contributed by atoms with Gasteiger partial charge in [0.1, 0.15) is 5.75 Å². The number of nitrogens with one attached hydrogen (secondary N) is 1. The standard InChI is InChI=1S/C24H22N2O2/c1-15-6-4-5-7-19(15)22-23(27)20-13-10-17(14-21(20)25-24(22)28)16-8-11-18(12-9-16)26(2)3/h4-14H,1-3H3,(H2,25,27,28). The van der Waals surface area contributed by atoms with Crippen LogP contribution in [-0.4, -0.2) is 24.2 Å². The normalized spacial score (nSPS) is 11.0. The lowest BCUT2D eigenvalue weighted by atomic mass is 9.97. The third kappa shape index (κ3) is 3.03. The van der Waals surface area contributed by atoms with E-state index in [1.165, 1.54) is 0 Å². The molecule has 0 saturated carbocycles. The maximum atomic E-state index is 12.8. The lowest BCUT2D eigenvalue weighted by molar-refractivity contribution is 0.482. The topological polar surface area (TPSA) is 56.3 Å². The van der Waals surface area contributed by atoms with Gasteiger partial charge in [-0.05, 0) is 53.4 Å². The van der Waals surface area contributed by atoms with Crippen molar-refractivity contribution in [1.82, 2.24) is 4.98 Å². The van der Waals surface area contributed by atoms with Gasteiger partial charge in [-0.3, -0.25) is 4.79 Å². The van der Waals surface area contributed by atoms with Gasteiger partial charge in [0.25, 0.3) is 5.56 Å². The van der Waals surface area contributed by atoms with Crippen LogP contribution in [-0.2, 0) is 0 Å². The van der Waals surface area contributed by atoms with Crippen LogP contribution < -0.4 is 10.5 Å². The Kier molecular flexibility index (Phi) is 4.40. The van der Waals surface area contributed by atoms with Crippen molar-refractivity contribution in [1.29, 1.82) is 0 Å². The highest BCUT2D eigenvalue weighted by Crippen LogP contribution is 2.35. The predicted octanol–water partition coefficient (Wildman–Crippen LogP) is 4.94. The molecule has 0 atom stereocenters. The van der Waals surface area contributed by atoms with E-state index in [2.05, 4.69) is 29.2 Å². The Morgan fingerprint density at radius 3 is 2.25 bits per heavy atom. The summed E-state index contributed by atoms with van der Waals surface area (Å²) < 4.78 is 0. The van der Waals surface area contributed by atoms with E-state index in [0.29, 0.717) is 16.5 Å². The first-order valence-corrected chi connectivity index (χ1v) is 9.18. The van der Waals surface area contributed by atoms with Gasteiger partial charge in [-0.25, -0.2) is 0 Å². The minimum atomic E-state index is -0.292. The molecule has 0 radical (unpaired) electrons. The monoisotopic (exact) mass is 370 g/mol. The third-order valence-electron chi connectivity index (χ3n) is 5.12. The van der Waals surface area contributed by atoms with Gasteiger partial charge in [-0.2, -0.15) is 0 Å². The highest BCUT2D eigenvalue weighted by atomic mass is 16.3. The lowest BCUT2D eigenvalue weighted by Gasteiger charge is -2.13. The molecular formula is C24H22N2O2. The molecule has 0 unspecified atom stereocenters. The fourth-order valence-corrected chi connectivity index (χ4v) is 3.52. The number of rotatable bonds is 3. The number of pyridine rings is 1. The average molecular weight is 370 g/mol. The molecule has 3 aromatic carbocycles. The van der Waals surface area contributed by atoms with Gasteiger partial charge in [-0.15, -0.1) is 0 Å². The van der Waals surface area contributed by atoms with Crippen molar-refractivity contribution in [2.75, 3.05) is 19.0 Å². The Balaban J connectivity index is 1.85. The van der Waals surface area contributed by atoms with Gasteiger partial charge in [0.15, 0.2) is 0 Å². The molecule has 0 spiro atoms. The smallest absolute Gasteiger partial charge is 0.260 e. The molecule has 4 nitrogen and oxygen atoms in total. The number of anilines is 1. The molecule has 140 valence electrons. The number of aromatic nitrogens is 1. The maximum Gasteiger partial charge on any atom is 0.260 e. The van der Waals surface area contributed by atoms with Crippen LogP contribution in [0.3, 0.4) is 0 Å². The molecule has 0 fully saturated rings. The summed E-state index contributed by atoms with van der Waals surface area (Å²) in [6.45, 7) is 1.93. The van der Waals surface area contributed by atoms with Crippen LogP contribution in [0.4, 0.5) is 5.69 Å². The Labute approximate surface area is 163 Å². The fraction of sp³-hybridized carbons (Fsp3) is 0.125. The Hall–Kier alpha value is -3.53. The Morgan fingerprint density at radius 1 is 0.893 bits per heavy atom. The molecule has 0 aliphatic rings. The number of hydrogen-bond donors (Lipinski definition) is 2. The van der Waals surface area contributed by atoms with Crippen molar-refractivity contribution in [3.05, 3.63) is 82.6 Å². The third-order valence-corrected chi connectivity index (χ3v) is 5.12. The molecule has 0 amide bonds. The zero-order valence-electron chi connectivity index (χ0n) is 16.2. The van der Waals surface area contributed by atoms with E-state index >= 15 is 0 Å². The number of H-pyrrole nitrogens is 1. The fourth-order valence-electron chi connectivity index (χ4n) is 3.52. The van der Waals surface area contributed by atoms with Gasteiger partial charge in [0.05, 0.1) is 11.1 Å². The van der Waals surface area contributed by atoms with Crippen molar-refractivity contribution in [3.8, 4) is 28.0 Å². The van der Waals surface area contributed by atoms with E-state index < -0.39 is 0 Å². The highest BCUT2D eigenvalue weighted by Gasteiger charge is 2.15. The minimum absolute atomic E-state index is 0.0163. The van der Waals surface area contributed by atoms with Crippen molar-refractivity contribution < 1.29 is 5.11 Å². The molecule has 1 aromatic heterocycles. The largest absolute Gasteiger partial charge is 0.506 e. The van der Waals surface area contributed by atoms with Crippen molar-refractivity contribution in [2.45, 2.75) is 6.92 Å². The Morgan fingerprint density at radius 2 is 1.57 bits per heavy atom. The molecule has 1 heterocycles. The van der Waals surface area contributed by atoms with Gasteiger partial charge >= 0.3 is 0 Å². The molecule has 28 heavy (non-hydrogen) atoms. The number of hydrogen-bond acceptors (Lipinski definition) is 3. The second kappa shape index (κ2) is 6.89. The molecule has 4 aromatic rings. The van der Waals surface area contributed by atoms with Crippen LogP contribution in [0.1, 0.15) is 5.56 Å². The van der Waals surface area contributed by atoms with Crippen LogP contribution in [0.2, 0.25) is 0 Å². The van der Waals surface area contributed by atoms with E-state index in [1.807, 2.05) is 68.4 Å². The summed E-state index contributed by atoms with van der Waals surface area (Å²) in [5, 5.41) is 11.5. The summed E-state index contributed by atoms with van der Waals surface area (Å²) in [5.74, 6) is 0.0163. The number of nitrogens with zero attached hydrogens (tertiary/aromatic N) is 1. The number of benzene rings is 3. The van der Waals surface area contributed by atoms with E-state index in [9.17, 15) is 9.90 Å². The SMILES string of the molecule is Cc1ccccc1-c1c(O)c2ccc(-c3ccc(N(C)C)cc3)cc2[nH]c1=O. The molecule has 0 bridgehead atoms. The number of aryl methyl sites for hydroxylation is 1. The van der Waals surface area contributed by atoms with Crippen molar-refractivity contribution in [3.63, 3.8) is 0 Å². The summed E-state index contributed by atoms with van der Waals surface area (Å²) >= 11 is 0. The molecule has 0 aliphatic heterocycles. The number of aromatic hydroxyl groups is 1. The molecule has 0 aliphatic carbocycles. The molecule has 4 heteroatoms. The Bertz CT molecular complexity index is 1220. The predicted molar refractivity (Wildman–Crippen MR) is 116 cm³/mol. The van der Waals surface area contributed by atoms with Gasteiger partial charge in [-0.1, -0.05) is 42.5 Å². The summed E-state index contributed by atoms with van der Waals surface area (Å²) in [6, 6.07) is 21.5. The highest BCUT2D eigenvalue weighted by molar-refractivity contribution is 5.94. The first-order valence-electron chi connectivity index (χ1n) is 9.18. The summed E-state index contributed by atoms with van der Waals surface area (Å²) in [5.41, 5.74) is 5.49. The number of fused-ring (bicyclic) bond motifs is 1. The first-order chi connectivity index (χ1) is 13.5. The van der Waals surface area contributed by atoms with Crippen LogP contribution in [0.25, 0.3) is 33.2 Å². The minimum Gasteiger partial charge on any atom is -0.506 e. The second-order valence-electron chi connectivity index (χ2n) is 7.19. The lowest BCUT2D eigenvalue weighted by Crippen LogP contribution is -2.10. The summed E-state index contributed by atoms with van der Waals surface area (Å²) in [6.07, 6.45) is 0. The molecule has 4 rings (SSSR count). The summed E-state index contributed by atoms with van der Waals surface area (Å²) in [4.78, 5) is 17.7. The van der Waals surface area contributed by atoms with Crippen molar-refractivity contribution in [2.24, 2.45) is 0 Å². The zero-order chi connectivity index (χ0) is 19.8. The van der Waals surface area contributed by atoms with Gasteiger partial charge < -0.3 is 15.0 Å². The maximum absolute atomic E-state index is 12.8. The average Bonchev–Trinajstić information content (AvgIpc) is 2.69. The van der Waals surface area contributed by atoms with Crippen LogP contribution in [0.15, 0.2) is 71.5 Å². The van der Waals surface area contributed by atoms with Gasteiger partial charge in [0.2, 0.25) is 0 Å². The number of aromatic amines is 1. The zero-order valence-corrected chi connectivity index (χ0v) is 16.2. The van der Waals surface area contributed by atoms with Crippen molar-refractivity contribution >= 4 is 16.6 Å². The quantitative estimate of drug-likeness (QED) is 0.537. The molecule has 2 N–H and O–H groups in total. The van der Waals surface area contributed by atoms with E-state index in [4.69, 9.17) is 0 Å². The second-order valence-corrected chi connectivity index (χ2v) is 7.19. The van der Waals surface area contributed by atoms with Gasteiger partial charge in [0, 0.05) is 25.2 Å². The van der Waals surface area contributed by atoms with E-state index in [1.54, 1.807) is 0 Å². The van der Waals surface area contributed by atoms with E-state index in [-0.39, 0.29) is 11.3 Å². The first kappa shape index (κ1) is 17.9. The molecule has 0 saturated heterocycles. The van der Waals surface area contributed by atoms with Crippen LogP contribution in [0, 0.1) is 6.92 Å². The summed E-state index contributed by atoms with van der Waals surface area (Å²) in [7, 11) is 4.01. The van der Waals surface area contributed by atoms with Crippen LogP contribution >= 0.6 is 0 Å². The molecular weight excluding hydrogens is 348 g/mol.